The molecule has 0 radical (unpaired) electrons. The lowest BCUT2D eigenvalue weighted by atomic mass is 9.78. The third-order valence-corrected chi connectivity index (χ3v) is 3.81. The highest BCUT2D eigenvalue weighted by atomic mass is 79.9. The molecule has 0 saturated heterocycles. The summed E-state index contributed by atoms with van der Waals surface area (Å²) in [5.41, 5.74) is 0.564. The summed E-state index contributed by atoms with van der Waals surface area (Å²) < 4.78 is 0. The van der Waals surface area contributed by atoms with Crippen LogP contribution in [-0.2, 0) is 0 Å². The van der Waals surface area contributed by atoms with E-state index in [1.54, 1.807) is 0 Å². The van der Waals surface area contributed by atoms with Crippen LogP contribution >= 0.6 is 15.9 Å². The number of hydrogen-bond donors (Lipinski definition) is 0. The topological polar surface area (TPSA) is 0 Å². The molecule has 0 aromatic heterocycles. The summed E-state index contributed by atoms with van der Waals surface area (Å²) in [6.45, 7) is 9.21. The third-order valence-electron chi connectivity index (χ3n) is 2.62. The van der Waals surface area contributed by atoms with E-state index in [0.29, 0.717) is 5.41 Å². The first-order valence-electron chi connectivity index (χ1n) is 4.66. The molecule has 0 atom stereocenters. The molecule has 1 heteroatoms. The lowest BCUT2D eigenvalue weighted by Crippen LogP contribution is -2.22. The monoisotopic (exact) mass is 220 g/mol. The third kappa shape index (κ3) is 3.59. The summed E-state index contributed by atoms with van der Waals surface area (Å²) in [6, 6.07) is 0. The maximum atomic E-state index is 3.62. The highest BCUT2D eigenvalue weighted by molar-refractivity contribution is 9.09. The van der Waals surface area contributed by atoms with Crippen molar-refractivity contribution in [2.24, 2.45) is 11.3 Å². The van der Waals surface area contributed by atoms with Gasteiger partial charge in [0.1, 0.15) is 0 Å². The summed E-state index contributed by atoms with van der Waals surface area (Å²) in [4.78, 5) is 0. The van der Waals surface area contributed by atoms with Gasteiger partial charge >= 0.3 is 0 Å². The van der Waals surface area contributed by atoms with Gasteiger partial charge in [-0.15, -0.1) is 0 Å². The molecule has 0 amide bonds. The Morgan fingerprint density at radius 2 is 1.64 bits per heavy atom. The van der Waals surface area contributed by atoms with Crippen LogP contribution in [0.1, 0.15) is 47.0 Å². The fourth-order valence-electron chi connectivity index (χ4n) is 1.65. The Kier molecular flexibility index (Phi) is 5.41. The first kappa shape index (κ1) is 11.5. The van der Waals surface area contributed by atoms with Crippen LogP contribution in [-0.4, -0.2) is 5.33 Å². The molecule has 0 fully saturated rings. The van der Waals surface area contributed by atoms with E-state index in [4.69, 9.17) is 0 Å². The Morgan fingerprint density at radius 3 is 1.73 bits per heavy atom. The van der Waals surface area contributed by atoms with E-state index in [1.165, 1.54) is 19.3 Å². The van der Waals surface area contributed by atoms with Crippen molar-refractivity contribution in [2.45, 2.75) is 47.0 Å². The van der Waals surface area contributed by atoms with Gasteiger partial charge in [-0.05, 0) is 30.6 Å². The van der Waals surface area contributed by atoms with E-state index in [-0.39, 0.29) is 0 Å². The summed E-state index contributed by atoms with van der Waals surface area (Å²) in [5.74, 6) is 0.826. The van der Waals surface area contributed by atoms with Crippen molar-refractivity contribution in [2.75, 3.05) is 5.33 Å². The molecule has 0 bridgehead atoms. The lowest BCUT2D eigenvalue weighted by Gasteiger charge is -2.31. The Balaban J connectivity index is 4.05. The van der Waals surface area contributed by atoms with Gasteiger partial charge in [0.15, 0.2) is 0 Å². The van der Waals surface area contributed by atoms with E-state index in [0.717, 1.165) is 11.2 Å². The van der Waals surface area contributed by atoms with Crippen molar-refractivity contribution in [3.63, 3.8) is 0 Å². The van der Waals surface area contributed by atoms with Crippen LogP contribution in [0, 0.1) is 11.3 Å². The fraction of sp³-hybridized carbons (Fsp3) is 1.00. The molecule has 0 heterocycles. The summed E-state index contributed by atoms with van der Waals surface area (Å²) >= 11 is 3.62. The molecule has 0 aliphatic carbocycles. The molecule has 0 spiro atoms. The molecule has 0 saturated carbocycles. The summed E-state index contributed by atoms with van der Waals surface area (Å²) in [6.07, 6.45) is 3.95. The predicted molar refractivity (Wildman–Crippen MR) is 56.3 cm³/mol. The van der Waals surface area contributed by atoms with E-state index >= 15 is 0 Å². The van der Waals surface area contributed by atoms with Gasteiger partial charge in [0.2, 0.25) is 0 Å². The zero-order valence-electron chi connectivity index (χ0n) is 8.28. The molecule has 0 unspecified atom stereocenters. The fourth-order valence-corrected chi connectivity index (χ4v) is 2.67. The van der Waals surface area contributed by atoms with Gasteiger partial charge in [0.05, 0.1) is 0 Å². The van der Waals surface area contributed by atoms with Gasteiger partial charge in [0.25, 0.3) is 0 Å². The minimum Gasteiger partial charge on any atom is -0.0922 e. The van der Waals surface area contributed by atoms with Crippen molar-refractivity contribution >= 4 is 15.9 Å². The molecule has 68 valence electrons. The number of alkyl halides is 1. The van der Waals surface area contributed by atoms with Gasteiger partial charge in [-0.25, -0.2) is 0 Å². The average Bonchev–Trinajstić information content (AvgIpc) is 2.00. The lowest BCUT2D eigenvalue weighted by molar-refractivity contribution is 0.245. The second kappa shape index (κ2) is 5.18. The van der Waals surface area contributed by atoms with Crippen LogP contribution in [0.2, 0.25) is 0 Å². The maximum Gasteiger partial charge on any atom is 0.00878 e. The molecule has 0 aliphatic rings. The zero-order chi connectivity index (χ0) is 8.91. The molecule has 0 aromatic rings. The minimum atomic E-state index is 0.564. The van der Waals surface area contributed by atoms with Crippen molar-refractivity contribution in [3.8, 4) is 0 Å². The standard InChI is InChI=1S/C10H21Br/c1-5-10(6-2,8-11)7-9(3)4/h9H,5-8H2,1-4H3. The van der Waals surface area contributed by atoms with Crippen molar-refractivity contribution in [1.29, 1.82) is 0 Å². The zero-order valence-corrected chi connectivity index (χ0v) is 9.87. The maximum absolute atomic E-state index is 3.62. The van der Waals surface area contributed by atoms with Crippen molar-refractivity contribution < 1.29 is 0 Å². The Morgan fingerprint density at radius 1 is 1.18 bits per heavy atom. The summed E-state index contributed by atoms with van der Waals surface area (Å²) in [5, 5.41) is 1.16. The molecule has 0 rings (SSSR count). The van der Waals surface area contributed by atoms with Crippen LogP contribution in [0.3, 0.4) is 0 Å². The Bertz CT molecular complexity index is 84.8. The molecular weight excluding hydrogens is 200 g/mol. The first-order valence-corrected chi connectivity index (χ1v) is 5.78. The van der Waals surface area contributed by atoms with Crippen LogP contribution in [0.25, 0.3) is 0 Å². The SMILES string of the molecule is CCC(CC)(CBr)CC(C)C. The van der Waals surface area contributed by atoms with Crippen molar-refractivity contribution in [1.82, 2.24) is 0 Å². The van der Waals surface area contributed by atoms with Gasteiger partial charge in [0, 0.05) is 5.33 Å². The van der Waals surface area contributed by atoms with Gasteiger partial charge < -0.3 is 0 Å². The second-order valence-electron chi connectivity index (χ2n) is 3.94. The molecular formula is C10H21Br. The van der Waals surface area contributed by atoms with Crippen LogP contribution < -0.4 is 0 Å². The molecule has 0 aromatic carbocycles. The van der Waals surface area contributed by atoms with E-state index in [2.05, 4.69) is 43.6 Å². The predicted octanol–water partition coefficient (Wildman–Crippen LogP) is 4.23. The minimum absolute atomic E-state index is 0.564. The highest BCUT2D eigenvalue weighted by Gasteiger charge is 2.25. The number of halogens is 1. The molecule has 0 N–H and O–H groups in total. The van der Waals surface area contributed by atoms with E-state index in [1.807, 2.05) is 0 Å². The van der Waals surface area contributed by atoms with Gasteiger partial charge in [-0.1, -0.05) is 43.6 Å². The van der Waals surface area contributed by atoms with Crippen LogP contribution in [0.5, 0.6) is 0 Å². The average molecular weight is 221 g/mol. The summed E-state index contributed by atoms with van der Waals surface area (Å²) in [7, 11) is 0. The highest BCUT2D eigenvalue weighted by Crippen LogP contribution is 2.35. The van der Waals surface area contributed by atoms with Crippen molar-refractivity contribution in [3.05, 3.63) is 0 Å². The van der Waals surface area contributed by atoms with Gasteiger partial charge in [-0.3, -0.25) is 0 Å². The molecule has 11 heavy (non-hydrogen) atoms. The van der Waals surface area contributed by atoms with Gasteiger partial charge in [-0.2, -0.15) is 0 Å². The normalized spacial score (nSPS) is 12.5. The number of rotatable bonds is 5. The molecule has 0 aliphatic heterocycles. The second-order valence-corrected chi connectivity index (χ2v) is 4.50. The van der Waals surface area contributed by atoms with E-state index < -0.39 is 0 Å². The van der Waals surface area contributed by atoms with Crippen LogP contribution in [0.4, 0.5) is 0 Å². The van der Waals surface area contributed by atoms with Crippen LogP contribution in [0.15, 0.2) is 0 Å². The first-order chi connectivity index (χ1) is 5.10. The number of hydrogen-bond acceptors (Lipinski definition) is 0. The Hall–Kier alpha value is 0.480. The smallest absolute Gasteiger partial charge is 0.00878 e. The molecule has 0 nitrogen and oxygen atoms in total. The largest absolute Gasteiger partial charge is 0.0922 e. The Labute approximate surface area is 79.9 Å². The quantitative estimate of drug-likeness (QED) is 0.609. The van der Waals surface area contributed by atoms with E-state index in [9.17, 15) is 0 Å².